The predicted octanol–water partition coefficient (Wildman–Crippen LogP) is 4.71. The molecule has 0 unspecified atom stereocenters. The van der Waals surface area contributed by atoms with Crippen LogP contribution in [0.2, 0.25) is 0 Å². The van der Waals surface area contributed by atoms with Gasteiger partial charge in [-0.1, -0.05) is 30.3 Å². The Kier molecular flexibility index (Phi) is 4.49. The summed E-state index contributed by atoms with van der Waals surface area (Å²) in [4.78, 5) is 0. The highest BCUT2D eigenvalue weighted by Crippen LogP contribution is 2.32. The van der Waals surface area contributed by atoms with Crippen molar-refractivity contribution < 1.29 is 0 Å². The molecule has 0 saturated heterocycles. The molecule has 17 heavy (non-hydrogen) atoms. The summed E-state index contributed by atoms with van der Waals surface area (Å²) >= 11 is 14.1. The van der Waals surface area contributed by atoms with Crippen LogP contribution < -0.4 is 0 Å². The van der Waals surface area contributed by atoms with Gasteiger partial charge in [0.25, 0.3) is 0 Å². The molecule has 0 radical (unpaired) electrons. The van der Waals surface area contributed by atoms with Crippen molar-refractivity contribution in [3.05, 3.63) is 58.3 Å². The summed E-state index contributed by atoms with van der Waals surface area (Å²) in [5.41, 5.74) is 2.36. The number of halogens is 2. The van der Waals surface area contributed by atoms with Gasteiger partial charge in [0, 0.05) is 17.2 Å². The smallest absolute Gasteiger partial charge is 0.0335 e. The van der Waals surface area contributed by atoms with Crippen molar-refractivity contribution in [2.45, 2.75) is 11.8 Å². The summed E-state index contributed by atoms with van der Waals surface area (Å²) < 4.78 is 0. The van der Waals surface area contributed by atoms with Crippen molar-refractivity contribution in [3.8, 4) is 0 Å². The highest BCUT2D eigenvalue weighted by atomic mass is 35.5. The lowest BCUT2D eigenvalue weighted by Crippen LogP contribution is -2.33. The zero-order chi connectivity index (χ0) is 12.1. The van der Waals surface area contributed by atoms with Gasteiger partial charge in [0.15, 0.2) is 0 Å². The molecule has 0 atom stereocenters. The Morgan fingerprint density at radius 2 is 1.71 bits per heavy atom. The van der Waals surface area contributed by atoms with Gasteiger partial charge in [-0.15, -0.1) is 23.2 Å². The molecular formula is C14H14Cl2S. The normalized spacial score (nSPS) is 11.6. The Morgan fingerprint density at radius 1 is 1.00 bits per heavy atom. The first kappa shape index (κ1) is 12.9. The van der Waals surface area contributed by atoms with Crippen molar-refractivity contribution in [1.29, 1.82) is 0 Å². The third kappa shape index (κ3) is 2.85. The molecular weight excluding hydrogens is 271 g/mol. The second-order valence-electron chi connectivity index (χ2n) is 4.22. The average Bonchev–Trinajstić information content (AvgIpc) is 2.90. The first-order chi connectivity index (χ1) is 8.30. The molecule has 2 rings (SSSR count). The molecule has 0 spiro atoms. The molecule has 1 aromatic heterocycles. The van der Waals surface area contributed by atoms with E-state index in [1.807, 2.05) is 18.2 Å². The van der Waals surface area contributed by atoms with Crippen molar-refractivity contribution in [2.75, 3.05) is 11.8 Å². The maximum Gasteiger partial charge on any atom is 0.0335 e. The molecule has 0 bridgehead atoms. The molecule has 1 aromatic carbocycles. The lowest BCUT2D eigenvalue weighted by atomic mass is 9.79. The highest BCUT2D eigenvalue weighted by molar-refractivity contribution is 7.07. The highest BCUT2D eigenvalue weighted by Gasteiger charge is 2.30. The summed E-state index contributed by atoms with van der Waals surface area (Å²) in [6.45, 7) is 0. The standard InChI is InChI=1S/C14H14Cl2S/c15-10-14(11-16,8-12-6-7-17-9-12)13-4-2-1-3-5-13/h1-7,9H,8,10-11H2. The fraction of sp³-hybridized carbons (Fsp3) is 0.286. The fourth-order valence-corrected chi connectivity index (χ4v) is 3.41. The molecule has 0 nitrogen and oxygen atoms in total. The molecule has 0 aliphatic heterocycles. The van der Waals surface area contributed by atoms with Crippen molar-refractivity contribution in [3.63, 3.8) is 0 Å². The van der Waals surface area contributed by atoms with Crippen LogP contribution in [-0.2, 0) is 11.8 Å². The van der Waals surface area contributed by atoms with E-state index in [4.69, 9.17) is 23.2 Å². The van der Waals surface area contributed by atoms with E-state index in [2.05, 4.69) is 29.0 Å². The minimum Gasteiger partial charge on any atom is -0.152 e. The van der Waals surface area contributed by atoms with E-state index in [0.29, 0.717) is 11.8 Å². The second kappa shape index (κ2) is 5.90. The molecule has 90 valence electrons. The minimum absolute atomic E-state index is 0.161. The predicted molar refractivity (Wildman–Crippen MR) is 77.6 cm³/mol. The quantitative estimate of drug-likeness (QED) is 0.698. The third-order valence-corrected chi connectivity index (χ3v) is 4.78. The number of hydrogen-bond donors (Lipinski definition) is 0. The molecule has 0 aliphatic carbocycles. The molecule has 0 fully saturated rings. The summed E-state index contributed by atoms with van der Waals surface area (Å²) in [6.07, 6.45) is 0.896. The van der Waals surface area contributed by atoms with Gasteiger partial charge in [0.05, 0.1) is 0 Å². The largest absolute Gasteiger partial charge is 0.152 e. The average molecular weight is 285 g/mol. The molecule has 0 saturated carbocycles. The van der Waals surface area contributed by atoms with E-state index >= 15 is 0 Å². The number of hydrogen-bond acceptors (Lipinski definition) is 1. The SMILES string of the molecule is ClCC(CCl)(Cc1ccsc1)c1ccccc1. The number of thiophene rings is 1. The lowest BCUT2D eigenvalue weighted by molar-refractivity contribution is 0.537. The van der Waals surface area contributed by atoms with E-state index in [-0.39, 0.29) is 5.41 Å². The molecule has 0 amide bonds. The Bertz CT molecular complexity index is 433. The van der Waals surface area contributed by atoms with Crippen molar-refractivity contribution in [2.24, 2.45) is 0 Å². The van der Waals surface area contributed by atoms with Crippen LogP contribution in [0.1, 0.15) is 11.1 Å². The Morgan fingerprint density at radius 3 is 2.24 bits per heavy atom. The number of rotatable bonds is 5. The maximum atomic E-state index is 6.19. The molecule has 0 N–H and O–H groups in total. The molecule has 2 aromatic rings. The Labute approximate surface area is 116 Å². The van der Waals surface area contributed by atoms with Crippen LogP contribution in [0.25, 0.3) is 0 Å². The van der Waals surface area contributed by atoms with Gasteiger partial charge < -0.3 is 0 Å². The van der Waals surface area contributed by atoms with Gasteiger partial charge in [-0.25, -0.2) is 0 Å². The van der Waals surface area contributed by atoms with Crippen LogP contribution in [0.4, 0.5) is 0 Å². The van der Waals surface area contributed by atoms with Crippen LogP contribution in [0.3, 0.4) is 0 Å². The van der Waals surface area contributed by atoms with E-state index in [0.717, 1.165) is 6.42 Å². The van der Waals surface area contributed by atoms with E-state index in [9.17, 15) is 0 Å². The number of benzene rings is 1. The first-order valence-corrected chi connectivity index (χ1v) is 7.50. The monoisotopic (exact) mass is 284 g/mol. The first-order valence-electron chi connectivity index (χ1n) is 5.49. The van der Waals surface area contributed by atoms with E-state index in [1.54, 1.807) is 11.3 Å². The third-order valence-electron chi connectivity index (χ3n) is 3.02. The Hall–Kier alpha value is -0.500. The maximum absolute atomic E-state index is 6.19. The summed E-state index contributed by atoms with van der Waals surface area (Å²) in [6, 6.07) is 12.4. The zero-order valence-electron chi connectivity index (χ0n) is 9.40. The van der Waals surface area contributed by atoms with Gasteiger partial charge in [0.2, 0.25) is 0 Å². The second-order valence-corrected chi connectivity index (χ2v) is 5.54. The fourth-order valence-electron chi connectivity index (χ4n) is 1.96. The van der Waals surface area contributed by atoms with Gasteiger partial charge in [0.1, 0.15) is 0 Å². The van der Waals surface area contributed by atoms with Crippen molar-refractivity contribution in [1.82, 2.24) is 0 Å². The minimum atomic E-state index is -0.161. The Balaban J connectivity index is 2.32. The van der Waals surface area contributed by atoms with E-state index < -0.39 is 0 Å². The summed E-state index contributed by atoms with van der Waals surface area (Å²) in [5, 5.41) is 4.25. The van der Waals surface area contributed by atoms with Crippen LogP contribution >= 0.6 is 34.5 Å². The van der Waals surface area contributed by atoms with Gasteiger partial charge >= 0.3 is 0 Å². The van der Waals surface area contributed by atoms with Crippen LogP contribution in [-0.4, -0.2) is 11.8 Å². The summed E-state index contributed by atoms with van der Waals surface area (Å²) in [7, 11) is 0. The van der Waals surface area contributed by atoms with Crippen LogP contribution in [0, 0.1) is 0 Å². The van der Waals surface area contributed by atoms with Crippen LogP contribution in [0.5, 0.6) is 0 Å². The molecule has 0 aliphatic rings. The van der Waals surface area contributed by atoms with Gasteiger partial charge in [-0.3, -0.25) is 0 Å². The van der Waals surface area contributed by atoms with Crippen LogP contribution in [0.15, 0.2) is 47.2 Å². The lowest BCUT2D eigenvalue weighted by Gasteiger charge is -2.30. The van der Waals surface area contributed by atoms with E-state index in [1.165, 1.54) is 11.1 Å². The zero-order valence-corrected chi connectivity index (χ0v) is 11.7. The van der Waals surface area contributed by atoms with Crippen molar-refractivity contribution >= 4 is 34.5 Å². The number of alkyl halides is 2. The molecule has 3 heteroatoms. The molecule has 1 heterocycles. The summed E-state index contributed by atoms with van der Waals surface area (Å²) in [5.74, 6) is 1.08. The van der Waals surface area contributed by atoms with Gasteiger partial charge in [-0.2, -0.15) is 11.3 Å². The van der Waals surface area contributed by atoms with Gasteiger partial charge in [-0.05, 0) is 34.4 Å². The topological polar surface area (TPSA) is 0 Å².